The number of amides is 1. The van der Waals surface area contributed by atoms with Crippen LogP contribution in [0.3, 0.4) is 0 Å². The Morgan fingerprint density at radius 3 is 2.48 bits per heavy atom. The molecule has 0 bridgehead atoms. The highest BCUT2D eigenvalue weighted by Crippen LogP contribution is 2.38. The molecule has 1 amide bonds. The lowest BCUT2D eigenvalue weighted by Gasteiger charge is -2.28. The summed E-state index contributed by atoms with van der Waals surface area (Å²) in [4.78, 5) is 16.7. The molecule has 11 heteroatoms. The van der Waals surface area contributed by atoms with Crippen LogP contribution in [0, 0.1) is 0 Å². The Labute approximate surface area is 184 Å². The van der Waals surface area contributed by atoms with Gasteiger partial charge in [0.05, 0.1) is 5.57 Å². The molecular weight excluding hydrogens is 454 g/mol. The maximum atomic E-state index is 13.3. The van der Waals surface area contributed by atoms with Gasteiger partial charge < -0.3 is 10.6 Å². The number of hydrogen-bond acceptors (Lipinski definition) is 4. The number of nitrogens with one attached hydrogen (secondary N) is 2. The molecule has 1 aromatic heterocycles. The van der Waals surface area contributed by atoms with Gasteiger partial charge in [0.1, 0.15) is 6.04 Å². The average Bonchev–Trinajstić information content (AvgIpc) is 3.12. The van der Waals surface area contributed by atoms with Gasteiger partial charge in [-0.3, -0.25) is 4.79 Å². The molecule has 0 aliphatic carbocycles. The lowest BCUT2D eigenvalue weighted by Crippen LogP contribution is -2.31. The van der Waals surface area contributed by atoms with Gasteiger partial charge >= 0.3 is 6.18 Å². The molecule has 0 saturated heterocycles. The maximum Gasteiger partial charge on any atom is 0.453 e. The van der Waals surface area contributed by atoms with Gasteiger partial charge in [-0.05, 0) is 48.9 Å². The highest BCUT2D eigenvalue weighted by Gasteiger charge is 2.41. The maximum absolute atomic E-state index is 13.3. The van der Waals surface area contributed by atoms with Crippen LogP contribution in [0.2, 0.25) is 10.0 Å². The minimum Gasteiger partial charge on any atom is -0.328 e. The van der Waals surface area contributed by atoms with Crippen molar-refractivity contribution in [2.24, 2.45) is 0 Å². The van der Waals surface area contributed by atoms with E-state index in [1.54, 1.807) is 55.5 Å². The highest BCUT2D eigenvalue weighted by molar-refractivity contribution is 6.31. The summed E-state index contributed by atoms with van der Waals surface area (Å²) in [7, 11) is 0. The number of carbonyl (C=O) groups is 1. The second kappa shape index (κ2) is 7.90. The van der Waals surface area contributed by atoms with Crippen LogP contribution in [0.25, 0.3) is 0 Å². The zero-order chi connectivity index (χ0) is 22.3. The fourth-order valence-corrected chi connectivity index (χ4v) is 3.61. The highest BCUT2D eigenvalue weighted by atomic mass is 35.5. The van der Waals surface area contributed by atoms with Crippen molar-refractivity contribution in [3.63, 3.8) is 0 Å². The summed E-state index contributed by atoms with van der Waals surface area (Å²) in [5.41, 5.74) is 1.46. The van der Waals surface area contributed by atoms with E-state index in [2.05, 4.69) is 20.7 Å². The van der Waals surface area contributed by atoms with Crippen LogP contribution in [0.15, 0.2) is 59.8 Å². The van der Waals surface area contributed by atoms with Crippen molar-refractivity contribution in [1.29, 1.82) is 0 Å². The Morgan fingerprint density at radius 1 is 1.13 bits per heavy atom. The Hall–Kier alpha value is -3.04. The standard InChI is InChI=1S/C20H14Cl2F3N5O/c1-10-15(17(31)27-14-7-5-12(21)6-8-14)16(11-3-2-4-13(22)9-11)30-19(26-10)28-18(29-30)20(23,24)25/h2-9,16H,1H3,(H,27,31)(H,26,28,29)/t16-/m0/s1. The minimum absolute atomic E-state index is 0.127. The van der Waals surface area contributed by atoms with E-state index in [0.29, 0.717) is 27.0 Å². The van der Waals surface area contributed by atoms with Crippen LogP contribution in [-0.2, 0) is 11.0 Å². The van der Waals surface area contributed by atoms with Gasteiger partial charge in [0.2, 0.25) is 5.95 Å². The van der Waals surface area contributed by atoms with Gasteiger partial charge in [0.25, 0.3) is 11.7 Å². The number of halogens is 5. The molecule has 31 heavy (non-hydrogen) atoms. The molecule has 2 aromatic carbocycles. The number of fused-ring (bicyclic) bond motifs is 1. The largest absolute Gasteiger partial charge is 0.453 e. The van der Waals surface area contributed by atoms with Crippen LogP contribution >= 0.6 is 23.2 Å². The summed E-state index contributed by atoms with van der Waals surface area (Å²) in [6, 6.07) is 12.0. The third-order valence-electron chi connectivity index (χ3n) is 4.62. The van der Waals surface area contributed by atoms with Gasteiger partial charge in [-0.25, -0.2) is 4.68 Å². The molecule has 4 rings (SSSR count). The summed E-state index contributed by atoms with van der Waals surface area (Å²) in [6.45, 7) is 1.58. The number of anilines is 2. The summed E-state index contributed by atoms with van der Waals surface area (Å²) in [5.74, 6) is -1.96. The molecule has 2 heterocycles. The first-order chi connectivity index (χ1) is 14.6. The van der Waals surface area contributed by atoms with E-state index in [1.165, 1.54) is 0 Å². The number of alkyl halides is 3. The lowest BCUT2D eigenvalue weighted by molar-refractivity contribution is -0.145. The number of benzene rings is 2. The molecule has 0 saturated carbocycles. The number of rotatable bonds is 3. The summed E-state index contributed by atoms with van der Waals surface area (Å²) in [6.07, 6.45) is -4.75. The molecule has 3 aromatic rings. The monoisotopic (exact) mass is 467 g/mol. The minimum atomic E-state index is -4.75. The van der Waals surface area contributed by atoms with E-state index in [0.717, 1.165) is 4.68 Å². The van der Waals surface area contributed by atoms with E-state index >= 15 is 0 Å². The second-order valence-electron chi connectivity index (χ2n) is 6.78. The normalized spacial score (nSPS) is 16.0. The van der Waals surface area contributed by atoms with E-state index < -0.39 is 23.9 Å². The van der Waals surface area contributed by atoms with Crippen molar-refractivity contribution in [1.82, 2.24) is 14.8 Å². The molecule has 6 nitrogen and oxygen atoms in total. The second-order valence-corrected chi connectivity index (χ2v) is 7.66. The van der Waals surface area contributed by atoms with Crippen molar-refractivity contribution in [2.45, 2.75) is 19.1 Å². The number of nitrogens with zero attached hydrogens (tertiary/aromatic N) is 3. The fraction of sp³-hybridized carbons (Fsp3) is 0.150. The predicted molar refractivity (Wildman–Crippen MR) is 111 cm³/mol. The van der Waals surface area contributed by atoms with Crippen LogP contribution in [0.1, 0.15) is 24.4 Å². The Balaban J connectivity index is 1.81. The molecule has 1 aliphatic heterocycles. The zero-order valence-electron chi connectivity index (χ0n) is 15.8. The predicted octanol–water partition coefficient (Wildman–Crippen LogP) is 5.53. The fourth-order valence-electron chi connectivity index (χ4n) is 3.28. The topological polar surface area (TPSA) is 71.8 Å². The zero-order valence-corrected chi connectivity index (χ0v) is 17.3. The Morgan fingerprint density at radius 2 is 1.84 bits per heavy atom. The van der Waals surface area contributed by atoms with Crippen LogP contribution in [0.4, 0.5) is 24.8 Å². The third-order valence-corrected chi connectivity index (χ3v) is 5.10. The van der Waals surface area contributed by atoms with Crippen molar-refractivity contribution in [2.75, 3.05) is 10.6 Å². The molecule has 0 fully saturated rings. The first-order valence-corrected chi connectivity index (χ1v) is 9.73. The number of hydrogen-bond donors (Lipinski definition) is 2. The lowest BCUT2D eigenvalue weighted by atomic mass is 9.95. The average molecular weight is 468 g/mol. The smallest absolute Gasteiger partial charge is 0.328 e. The van der Waals surface area contributed by atoms with Crippen molar-refractivity contribution in [3.8, 4) is 0 Å². The van der Waals surface area contributed by atoms with Crippen molar-refractivity contribution < 1.29 is 18.0 Å². The van der Waals surface area contributed by atoms with E-state index in [4.69, 9.17) is 23.2 Å². The van der Waals surface area contributed by atoms with Gasteiger partial charge in [-0.2, -0.15) is 18.2 Å². The van der Waals surface area contributed by atoms with Crippen LogP contribution in [-0.4, -0.2) is 20.7 Å². The third kappa shape index (κ3) is 4.24. The van der Waals surface area contributed by atoms with Crippen LogP contribution in [0.5, 0.6) is 0 Å². The SMILES string of the molecule is CC1=C(C(=O)Nc2ccc(Cl)cc2)[C@H](c2cccc(Cl)c2)n2nc(C(F)(F)F)nc2N1. The van der Waals surface area contributed by atoms with Crippen LogP contribution < -0.4 is 10.6 Å². The summed E-state index contributed by atoms with van der Waals surface area (Å²) < 4.78 is 40.8. The first kappa shape index (κ1) is 21.2. The van der Waals surface area contributed by atoms with E-state index in [-0.39, 0.29) is 11.5 Å². The number of aromatic nitrogens is 3. The number of allylic oxidation sites excluding steroid dienone is 1. The van der Waals surface area contributed by atoms with E-state index in [9.17, 15) is 18.0 Å². The number of carbonyl (C=O) groups excluding carboxylic acids is 1. The Bertz CT molecular complexity index is 1190. The molecule has 1 aliphatic rings. The van der Waals surface area contributed by atoms with Gasteiger partial charge in [-0.1, -0.05) is 35.3 Å². The first-order valence-electron chi connectivity index (χ1n) is 8.97. The quantitative estimate of drug-likeness (QED) is 0.530. The van der Waals surface area contributed by atoms with Gasteiger partial charge in [0, 0.05) is 21.4 Å². The molecule has 2 N–H and O–H groups in total. The molecule has 1 atom stereocenters. The molecular formula is C20H14Cl2F3N5O. The molecule has 0 spiro atoms. The molecule has 0 radical (unpaired) electrons. The van der Waals surface area contributed by atoms with Gasteiger partial charge in [-0.15, -0.1) is 5.10 Å². The van der Waals surface area contributed by atoms with E-state index in [1.807, 2.05) is 0 Å². The van der Waals surface area contributed by atoms with Crippen molar-refractivity contribution in [3.05, 3.63) is 81.2 Å². The molecule has 0 unspecified atom stereocenters. The summed E-state index contributed by atoms with van der Waals surface area (Å²) >= 11 is 12.0. The Kier molecular flexibility index (Phi) is 5.40. The van der Waals surface area contributed by atoms with Gasteiger partial charge in [0.15, 0.2) is 0 Å². The summed E-state index contributed by atoms with van der Waals surface area (Å²) in [5, 5.41) is 9.99. The van der Waals surface area contributed by atoms with Crippen molar-refractivity contribution >= 4 is 40.7 Å². The molecule has 160 valence electrons.